The second-order valence-electron chi connectivity index (χ2n) is 9.38. The summed E-state index contributed by atoms with van der Waals surface area (Å²) in [5.41, 5.74) is 1.12. The first-order valence-electron chi connectivity index (χ1n) is 11.4. The first-order chi connectivity index (χ1) is 14.5. The molecule has 3 aliphatic rings. The molecule has 3 fully saturated rings. The number of fused-ring (bicyclic) bond motifs is 1. The molecular weight excluding hydrogens is 378 g/mol. The van der Waals surface area contributed by atoms with Crippen molar-refractivity contribution in [1.82, 2.24) is 14.7 Å². The summed E-state index contributed by atoms with van der Waals surface area (Å²) in [6, 6.07) is 8.55. The Labute approximate surface area is 180 Å². The largest absolute Gasteiger partial charge is 0.483 e. The molecule has 0 spiro atoms. The number of piperidine rings is 2. The summed E-state index contributed by atoms with van der Waals surface area (Å²) in [5, 5.41) is 0. The van der Waals surface area contributed by atoms with E-state index in [1.807, 2.05) is 35.0 Å². The molecule has 2 aliphatic heterocycles. The van der Waals surface area contributed by atoms with Crippen LogP contribution in [0.1, 0.15) is 44.1 Å². The van der Waals surface area contributed by atoms with Crippen LogP contribution in [0, 0.1) is 11.8 Å². The number of likely N-dealkylation sites (tertiary alicyclic amines) is 2. The van der Waals surface area contributed by atoms with Crippen LogP contribution in [0.25, 0.3) is 0 Å². The maximum atomic E-state index is 12.5. The highest BCUT2D eigenvalue weighted by molar-refractivity contribution is 5.78. The summed E-state index contributed by atoms with van der Waals surface area (Å²) in [6.45, 7) is 3.51. The summed E-state index contributed by atoms with van der Waals surface area (Å²) in [4.78, 5) is 30.7. The van der Waals surface area contributed by atoms with Crippen LogP contribution in [0.15, 0.2) is 24.3 Å². The smallest absolute Gasteiger partial charge is 0.260 e. The van der Waals surface area contributed by atoms with Gasteiger partial charge in [-0.3, -0.25) is 14.5 Å². The number of carbonyl (C=O) groups is 2. The molecule has 1 aromatic rings. The number of carbonyl (C=O) groups excluding carboxylic acids is 2. The summed E-state index contributed by atoms with van der Waals surface area (Å²) in [6.07, 6.45) is 6.35. The predicted molar refractivity (Wildman–Crippen MR) is 116 cm³/mol. The molecule has 3 atom stereocenters. The van der Waals surface area contributed by atoms with E-state index in [9.17, 15) is 9.59 Å². The van der Waals surface area contributed by atoms with Crippen LogP contribution in [0.4, 0.5) is 0 Å². The van der Waals surface area contributed by atoms with Gasteiger partial charge in [0, 0.05) is 51.3 Å². The first-order valence-corrected chi connectivity index (χ1v) is 11.4. The van der Waals surface area contributed by atoms with E-state index in [4.69, 9.17) is 4.74 Å². The molecule has 0 unspecified atom stereocenters. The van der Waals surface area contributed by atoms with Crippen molar-refractivity contribution in [3.8, 4) is 5.75 Å². The maximum Gasteiger partial charge on any atom is 0.260 e. The number of amides is 2. The molecule has 6 nitrogen and oxygen atoms in total. The normalized spacial score (nSPS) is 26.8. The lowest BCUT2D eigenvalue weighted by Crippen LogP contribution is -2.39. The monoisotopic (exact) mass is 413 g/mol. The van der Waals surface area contributed by atoms with E-state index < -0.39 is 0 Å². The van der Waals surface area contributed by atoms with E-state index in [-0.39, 0.29) is 18.4 Å². The van der Waals surface area contributed by atoms with Gasteiger partial charge in [-0.1, -0.05) is 18.2 Å². The van der Waals surface area contributed by atoms with Crippen molar-refractivity contribution in [2.24, 2.45) is 11.8 Å². The van der Waals surface area contributed by atoms with Crippen molar-refractivity contribution < 1.29 is 14.3 Å². The van der Waals surface area contributed by atoms with Gasteiger partial charge in [0.1, 0.15) is 5.75 Å². The van der Waals surface area contributed by atoms with Crippen LogP contribution in [0.5, 0.6) is 5.75 Å². The predicted octanol–water partition coefficient (Wildman–Crippen LogP) is 2.77. The SMILES string of the molecule is CN1C[C@@H]2C[C@H](N(C)Cc3ccccc3OCC(=O)N3CCCCC3)C[C@@H]2CC1=O. The Morgan fingerprint density at radius 3 is 2.67 bits per heavy atom. The van der Waals surface area contributed by atoms with Gasteiger partial charge in [0.15, 0.2) is 6.61 Å². The number of nitrogens with zero attached hydrogens (tertiary/aromatic N) is 3. The highest BCUT2D eigenvalue weighted by Crippen LogP contribution is 2.40. The average molecular weight is 414 g/mol. The molecule has 2 saturated heterocycles. The van der Waals surface area contributed by atoms with E-state index in [0.717, 1.165) is 63.2 Å². The quantitative estimate of drug-likeness (QED) is 0.720. The minimum absolute atomic E-state index is 0.0894. The van der Waals surface area contributed by atoms with Gasteiger partial charge in [-0.25, -0.2) is 0 Å². The highest BCUT2D eigenvalue weighted by Gasteiger charge is 2.41. The second-order valence-corrected chi connectivity index (χ2v) is 9.38. The number of rotatable bonds is 6. The molecule has 0 aromatic heterocycles. The van der Waals surface area contributed by atoms with Crippen molar-refractivity contribution in [3.05, 3.63) is 29.8 Å². The summed E-state index contributed by atoms with van der Waals surface area (Å²) < 4.78 is 5.97. The zero-order valence-corrected chi connectivity index (χ0v) is 18.4. The van der Waals surface area contributed by atoms with Crippen molar-refractivity contribution in [3.63, 3.8) is 0 Å². The van der Waals surface area contributed by atoms with Crippen molar-refractivity contribution in [1.29, 1.82) is 0 Å². The standard InChI is InChI=1S/C24H35N3O3/c1-25(21-12-19-14-23(28)26(2)16-20(19)13-21)15-18-8-4-5-9-22(18)30-17-24(29)27-10-6-3-7-11-27/h4-5,8-9,19-21H,3,6-7,10-17H2,1-2H3/t19-,20+,21-/m1/s1. The third-order valence-corrected chi connectivity index (χ3v) is 7.26. The second kappa shape index (κ2) is 9.38. The molecule has 1 saturated carbocycles. The summed E-state index contributed by atoms with van der Waals surface area (Å²) in [7, 11) is 4.09. The third kappa shape index (κ3) is 4.80. The molecule has 4 rings (SSSR count). The highest BCUT2D eigenvalue weighted by atomic mass is 16.5. The Bertz CT molecular complexity index is 762. The third-order valence-electron chi connectivity index (χ3n) is 7.26. The first kappa shape index (κ1) is 21.2. The molecule has 164 valence electrons. The van der Waals surface area contributed by atoms with Gasteiger partial charge in [0.05, 0.1) is 0 Å². The number of ether oxygens (including phenoxy) is 1. The molecule has 2 heterocycles. The topological polar surface area (TPSA) is 53.1 Å². The number of para-hydroxylation sites is 1. The molecule has 0 radical (unpaired) electrons. The maximum absolute atomic E-state index is 12.5. The van der Waals surface area contributed by atoms with Gasteiger partial charge in [-0.2, -0.15) is 0 Å². The van der Waals surface area contributed by atoms with E-state index in [1.165, 1.54) is 6.42 Å². The Balaban J connectivity index is 1.33. The van der Waals surface area contributed by atoms with Crippen molar-refractivity contribution in [2.45, 2.75) is 51.1 Å². The van der Waals surface area contributed by atoms with Crippen LogP contribution in [-0.2, 0) is 16.1 Å². The van der Waals surface area contributed by atoms with Gasteiger partial charge in [-0.15, -0.1) is 0 Å². The van der Waals surface area contributed by atoms with Crippen molar-refractivity contribution >= 4 is 11.8 Å². The van der Waals surface area contributed by atoms with E-state index >= 15 is 0 Å². The van der Waals surface area contributed by atoms with Crippen LogP contribution in [0.3, 0.4) is 0 Å². The zero-order valence-electron chi connectivity index (χ0n) is 18.4. The molecule has 1 aliphatic carbocycles. The van der Waals surface area contributed by atoms with Crippen LogP contribution < -0.4 is 4.74 Å². The Kier molecular flexibility index (Phi) is 6.61. The average Bonchev–Trinajstić information content (AvgIpc) is 3.16. The van der Waals surface area contributed by atoms with Crippen molar-refractivity contribution in [2.75, 3.05) is 40.3 Å². The lowest BCUT2D eigenvalue weighted by Gasteiger charge is -2.31. The lowest BCUT2D eigenvalue weighted by atomic mass is 9.88. The Morgan fingerprint density at radius 1 is 1.13 bits per heavy atom. The molecule has 6 heteroatoms. The molecule has 2 amide bonds. The van der Waals surface area contributed by atoms with E-state index in [1.54, 1.807) is 0 Å². The summed E-state index contributed by atoms with van der Waals surface area (Å²) >= 11 is 0. The van der Waals surface area contributed by atoms with Gasteiger partial charge >= 0.3 is 0 Å². The zero-order chi connectivity index (χ0) is 21.1. The van der Waals surface area contributed by atoms with Crippen LogP contribution in [-0.4, -0.2) is 72.9 Å². The van der Waals surface area contributed by atoms with Gasteiger partial charge in [0.25, 0.3) is 5.91 Å². The number of hydrogen-bond acceptors (Lipinski definition) is 4. The Morgan fingerprint density at radius 2 is 1.87 bits per heavy atom. The molecule has 0 bridgehead atoms. The Hall–Kier alpha value is -2.08. The molecule has 0 N–H and O–H groups in total. The van der Waals surface area contributed by atoms with Gasteiger partial charge < -0.3 is 14.5 Å². The molecule has 1 aromatic carbocycles. The fourth-order valence-electron chi connectivity index (χ4n) is 5.39. The molecule has 30 heavy (non-hydrogen) atoms. The van der Waals surface area contributed by atoms with E-state index in [2.05, 4.69) is 18.0 Å². The minimum Gasteiger partial charge on any atom is -0.483 e. The fraction of sp³-hybridized carbons (Fsp3) is 0.667. The van der Waals surface area contributed by atoms with Crippen LogP contribution in [0.2, 0.25) is 0 Å². The van der Waals surface area contributed by atoms with E-state index in [0.29, 0.717) is 24.3 Å². The van der Waals surface area contributed by atoms with Gasteiger partial charge in [-0.05, 0) is 57.1 Å². The number of benzene rings is 1. The number of hydrogen-bond donors (Lipinski definition) is 0. The molecular formula is C24H35N3O3. The lowest BCUT2D eigenvalue weighted by molar-refractivity contribution is -0.135. The van der Waals surface area contributed by atoms with Crippen LogP contribution >= 0.6 is 0 Å². The summed E-state index contributed by atoms with van der Waals surface area (Å²) in [5.74, 6) is 2.33. The fourth-order valence-corrected chi connectivity index (χ4v) is 5.39. The minimum atomic E-state index is 0.0894. The van der Waals surface area contributed by atoms with Gasteiger partial charge in [0.2, 0.25) is 5.91 Å².